The molecule has 112 valence electrons. The second-order valence-corrected chi connectivity index (χ2v) is 4.96. The predicted molar refractivity (Wildman–Crippen MR) is 78.2 cm³/mol. The fraction of sp³-hybridized carbons (Fsp3) is 0.118. The summed E-state index contributed by atoms with van der Waals surface area (Å²) < 4.78 is 39.4. The Morgan fingerprint density at radius 2 is 1.55 bits per heavy atom. The summed E-state index contributed by atoms with van der Waals surface area (Å²) in [4.78, 5) is 0. The minimum atomic E-state index is -4.31. The Balaban J connectivity index is 1.79. The van der Waals surface area contributed by atoms with Crippen molar-refractivity contribution in [2.24, 2.45) is 0 Å². The van der Waals surface area contributed by atoms with Crippen molar-refractivity contribution in [3.63, 3.8) is 0 Å². The van der Waals surface area contributed by atoms with Crippen LogP contribution in [0.25, 0.3) is 11.3 Å². The van der Waals surface area contributed by atoms with Crippen molar-refractivity contribution in [2.45, 2.75) is 12.7 Å². The van der Waals surface area contributed by atoms with Crippen LogP contribution in [0.5, 0.6) is 0 Å². The first kappa shape index (κ1) is 14.4. The highest BCUT2D eigenvalue weighted by Crippen LogP contribution is 2.30. The van der Waals surface area contributed by atoms with Gasteiger partial charge < -0.3 is 0 Å². The van der Waals surface area contributed by atoms with Gasteiger partial charge in [0.05, 0.1) is 17.8 Å². The van der Waals surface area contributed by atoms with E-state index < -0.39 is 11.7 Å². The maximum atomic E-state index is 12.5. The minimum absolute atomic E-state index is 0.626. The average Bonchev–Trinajstić information content (AvgIpc) is 2.96. The number of hydrogen-bond acceptors (Lipinski definition) is 1. The Bertz CT molecular complexity index is 744. The predicted octanol–water partition coefficient (Wildman–Crippen LogP) is 4.62. The first-order valence-electron chi connectivity index (χ1n) is 6.77. The van der Waals surface area contributed by atoms with E-state index in [1.165, 1.54) is 12.1 Å². The van der Waals surface area contributed by atoms with Gasteiger partial charge in [-0.1, -0.05) is 42.5 Å². The summed E-state index contributed by atoms with van der Waals surface area (Å²) in [6.45, 7) is 0.626. The van der Waals surface area contributed by atoms with Crippen molar-refractivity contribution < 1.29 is 13.2 Å². The van der Waals surface area contributed by atoms with Crippen molar-refractivity contribution in [3.05, 3.63) is 78.0 Å². The summed E-state index contributed by atoms with van der Waals surface area (Å²) in [7, 11) is 0. The topological polar surface area (TPSA) is 17.8 Å². The van der Waals surface area contributed by atoms with E-state index in [9.17, 15) is 13.2 Å². The Morgan fingerprint density at radius 1 is 0.864 bits per heavy atom. The molecule has 0 atom stereocenters. The molecule has 3 rings (SSSR count). The molecule has 0 aliphatic rings. The number of nitrogens with zero attached hydrogens (tertiary/aromatic N) is 2. The molecule has 5 heteroatoms. The van der Waals surface area contributed by atoms with Crippen LogP contribution >= 0.6 is 0 Å². The number of hydrogen-bond donors (Lipinski definition) is 0. The monoisotopic (exact) mass is 302 g/mol. The van der Waals surface area contributed by atoms with Crippen LogP contribution in [-0.4, -0.2) is 9.78 Å². The Kier molecular flexibility index (Phi) is 3.71. The van der Waals surface area contributed by atoms with Crippen LogP contribution in [0, 0.1) is 0 Å². The molecule has 0 spiro atoms. The van der Waals surface area contributed by atoms with Crippen LogP contribution in [0.2, 0.25) is 0 Å². The first-order chi connectivity index (χ1) is 10.5. The van der Waals surface area contributed by atoms with Crippen molar-refractivity contribution in [3.8, 4) is 11.3 Å². The molecular formula is C17H13F3N2. The molecule has 2 aromatic carbocycles. The standard InChI is InChI=1S/C17H13F3N2/c18-17(19,20)15-8-6-14(7-9-15)16-10-11-22(21-16)12-13-4-2-1-3-5-13/h1-11H,12H2. The van der Waals surface area contributed by atoms with Gasteiger partial charge >= 0.3 is 6.18 Å². The van der Waals surface area contributed by atoms with E-state index in [1.807, 2.05) is 36.5 Å². The molecule has 2 nitrogen and oxygen atoms in total. The molecule has 0 saturated heterocycles. The van der Waals surface area contributed by atoms with E-state index in [0.29, 0.717) is 17.8 Å². The van der Waals surface area contributed by atoms with E-state index in [2.05, 4.69) is 5.10 Å². The third kappa shape index (κ3) is 3.19. The van der Waals surface area contributed by atoms with Crippen molar-refractivity contribution in [2.75, 3.05) is 0 Å². The van der Waals surface area contributed by atoms with Crippen LogP contribution in [-0.2, 0) is 12.7 Å². The van der Waals surface area contributed by atoms with Crippen LogP contribution in [0.3, 0.4) is 0 Å². The normalized spacial score (nSPS) is 11.6. The molecule has 0 bridgehead atoms. The van der Waals surface area contributed by atoms with Gasteiger partial charge in [-0.25, -0.2) is 0 Å². The van der Waals surface area contributed by atoms with Gasteiger partial charge in [0.2, 0.25) is 0 Å². The number of benzene rings is 2. The second-order valence-electron chi connectivity index (χ2n) is 4.96. The van der Waals surface area contributed by atoms with Gasteiger partial charge in [0, 0.05) is 11.8 Å². The van der Waals surface area contributed by atoms with Gasteiger partial charge in [-0.15, -0.1) is 0 Å². The van der Waals surface area contributed by atoms with E-state index in [-0.39, 0.29) is 0 Å². The zero-order valence-electron chi connectivity index (χ0n) is 11.6. The largest absolute Gasteiger partial charge is 0.416 e. The maximum absolute atomic E-state index is 12.5. The molecule has 0 aliphatic heterocycles. The van der Waals surface area contributed by atoms with Gasteiger partial charge in [-0.3, -0.25) is 4.68 Å². The van der Waals surface area contributed by atoms with Gasteiger partial charge in [-0.2, -0.15) is 18.3 Å². The summed E-state index contributed by atoms with van der Waals surface area (Å²) in [6.07, 6.45) is -2.49. The molecule has 0 radical (unpaired) electrons. The molecule has 22 heavy (non-hydrogen) atoms. The average molecular weight is 302 g/mol. The quantitative estimate of drug-likeness (QED) is 0.690. The van der Waals surface area contributed by atoms with Crippen LogP contribution in [0.1, 0.15) is 11.1 Å². The van der Waals surface area contributed by atoms with Crippen LogP contribution < -0.4 is 0 Å². The zero-order chi connectivity index (χ0) is 15.6. The molecule has 0 fully saturated rings. The van der Waals surface area contributed by atoms with Gasteiger partial charge in [0.25, 0.3) is 0 Å². The Morgan fingerprint density at radius 3 is 2.18 bits per heavy atom. The molecule has 0 amide bonds. The summed E-state index contributed by atoms with van der Waals surface area (Å²) >= 11 is 0. The first-order valence-corrected chi connectivity index (χ1v) is 6.77. The van der Waals surface area contributed by atoms with Crippen LogP contribution in [0.15, 0.2) is 66.9 Å². The van der Waals surface area contributed by atoms with E-state index in [1.54, 1.807) is 10.7 Å². The molecule has 0 unspecified atom stereocenters. The highest BCUT2D eigenvalue weighted by molar-refractivity contribution is 5.59. The fourth-order valence-electron chi connectivity index (χ4n) is 2.20. The van der Waals surface area contributed by atoms with E-state index in [0.717, 1.165) is 17.7 Å². The Hall–Kier alpha value is -2.56. The number of halogens is 3. The maximum Gasteiger partial charge on any atom is 0.416 e. The summed E-state index contributed by atoms with van der Waals surface area (Å²) in [5.41, 5.74) is 1.79. The number of rotatable bonds is 3. The van der Waals surface area contributed by atoms with Crippen molar-refractivity contribution in [1.82, 2.24) is 9.78 Å². The third-order valence-electron chi connectivity index (χ3n) is 3.34. The molecule has 1 heterocycles. The van der Waals surface area contributed by atoms with E-state index in [4.69, 9.17) is 0 Å². The number of alkyl halides is 3. The van der Waals surface area contributed by atoms with Gasteiger partial charge in [0.1, 0.15) is 0 Å². The minimum Gasteiger partial charge on any atom is -0.268 e. The zero-order valence-corrected chi connectivity index (χ0v) is 11.6. The molecule has 0 saturated carbocycles. The fourth-order valence-corrected chi connectivity index (χ4v) is 2.20. The SMILES string of the molecule is FC(F)(F)c1ccc(-c2ccn(Cc3ccccc3)n2)cc1. The lowest BCUT2D eigenvalue weighted by Crippen LogP contribution is -2.04. The van der Waals surface area contributed by atoms with E-state index >= 15 is 0 Å². The Labute approximate surface area is 125 Å². The highest BCUT2D eigenvalue weighted by Gasteiger charge is 2.30. The third-order valence-corrected chi connectivity index (χ3v) is 3.34. The van der Waals surface area contributed by atoms with Crippen LogP contribution in [0.4, 0.5) is 13.2 Å². The van der Waals surface area contributed by atoms with Gasteiger partial charge in [0.15, 0.2) is 0 Å². The molecule has 0 aliphatic carbocycles. The molecule has 0 N–H and O–H groups in total. The molecular weight excluding hydrogens is 289 g/mol. The van der Waals surface area contributed by atoms with Crippen molar-refractivity contribution in [1.29, 1.82) is 0 Å². The molecule has 3 aromatic rings. The summed E-state index contributed by atoms with van der Waals surface area (Å²) in [5.74, 6) is 0. The molecule has 1 aromatic heterocycles. The lowest BCUT2D eigenvalue weighted by molar-refractivity contribution is -0.137. The van der Waals surface area contributed by atoms with Gasteiger partial charge in [-0.05, 0) is 23.8 Å². The summed E-state index contributed by atoms with van der Waals surface area (Å²) in [5, 5.41) is 4.40. The highest BCUT2D eigenvalue weighted by atomic mass is 19.4. The second kappa shape index (κ2) is 5.67. The number of aromatic nitrogens is 2. The summed E-state index contributed by atoms with van der Waals surface area (Å²) in [6, 6.07) is 16.7. The smallest absolute Gasteiger partial charge is 0.268 e. The lowest BCUT2D eigenvalue weighted by Gasteiger charge is -2.06. The lowest BCUT2D eigenvalue weighted by atomic mass is 10.1. The van der Waals surface area contributed by atoms with Crippen molar-refractivity contribution >= 4 is 0 Å².